The molecule has 2 aliphatic carbocycles. The van der Waals surface area contributed by atoms with Gasteiger partial charge in [0.05, 0.1) is 0 Å². The van der Waals surface area contributed by atoms with Gasteiger partial charge in [0, 0.05) is 0 Å². The van der Waals surface area contributed by atoms with Gasteiger partial charge in [0.2, 0.25) is 0 Å². The summed E-state index contributed by atoms with van der Waals surface area (Å²) in [7, 11) is 0. The summed E-state index contributed by atoms with van der Waals surface area (Å²) in [6.45, 7) is 15.2. The fourth-order valence-electron chi connectivity index (χ4n) is 5.52. The Bertz CT molecular complexity index is 320. The Morgan fingerprint density at radius 3 is 2.40 bits per heavy atom. The van der Waals surface area contributed by atoms with Crippen LogP contribution < -0.4 is 0 Å². The summed E-state index contributed by atoms with van der Waals surface area (Å²) in [5.74, 6) is 3.76. The predicted molar refractivity (Wildman–Crippen MR) is 89.8 cm³/mol. The molecule has 0 nitrogen and oxygen atoms in total. The van der Waals surface area contributed by atoms with Crippen LogP contribution in [0.3, 0.4) is 0 Å². The molecule has 0 aromatic heterocycles. The second-order valence-electron chi connectivity index (χ2n) is 8.89. The van der Waals surface area contributed by atoms with E-state index in [1.165, 1.54) is 51.4 Å². The molecule has 20 heavy (non-hydrogen) atoms. The van der Waals surface area contributed by atoms with Crippen LogP contribution >= 0.6 is 0 Å². The van der Waals surface area contributed by atoms with Crippen molar-refractivity contribution in [3.63, 3.8) is 0 Å². The van der Waals surface area contributed by atoms with Crippen molar-refractivity contribution in [1.82, 2.24) is 0 Å². The van der Waals surface area contributed by atoms with Gasteiger partial charge in [0.1, 0.15) is 0 Å². The zero-order chi connectivity index (χ0) is 15.0. The van der Waals surface area contributed by atoms with E-state index in [0.29, 0.717) is 10.8 Å². The Labute approximate surface area is 128 Å². The molecule has 2 saturated carbocycles. The maximum Gasteiger partial charge on any atom is -0.0266 e. The highest BCUT2D eigenvalue weighted by atomic mass is 14.6. The van der Waals surface area contributed by atoms with Gasteiger partial charge in [-0.25, -0.2) is 0 Å². The zero-order valence-electron chi connectivity index (χ0n) is 15.0. The predicted octanol–water partition coefficient (Wildman–Crippen LogP) is 6.69. The van der Waals surface area contributed by atoms with Crippen LogP contribution in [0.5, 0.6) is 0 Å². The van der Waals surface area contributed by atoms with Gasteiger partial charge in [-0.2, -0.15) is 0 Å². The SMILES string of the molecule is CC[C@H](C)CC[C@]1(C)[C@H]2CCC[C@@H](C)[C@]2(C)CC[C@H]1C. The minimum Gasteiger partial charge on any atom is -0.0651 e. The van der Waals surface area contributed by atoms with E-state index in [2.05, 4.69) is 41.5 Å². The Morgan fingerprint density at radius 1 is 1.05 bits per heavy atom. The monoisotopic (exact) mass is 278 g/mol. The molecular formula is C20H38. The Kier molecular flexibility index (Phi) is 4.92. The molecule has 0 N–H and O–H groups in total. The molecule has 118 valence electrons. The Hall–Kier alpha value is 0. The average Bonchev–Trinajstić information content (AvgIpc) is 2.43. The van der Waals surface area contributed by atoms with Crippen LogP contribution in [0.4, 0.5) is 0 Å². The van der Waals surface area contributed by atoms with Gasteiger partial charge in [-0.1, -0.05) is 67.2 Å². The van der Waals surface area contributed by atoms with Crippen LogP contribution in [-0.2, 0) is 0 Å². The largest absolute Gasteiger partial charge is 0.0651 e. The summed E-state index contributed by atoms with van der Waals surface area (Å²) in [6, 6.07) is 0. The lowest BCUT2D eigenvalue weighted by Crippen LogP contribution is -2.52. The third kappa shape index (κ3) is 2.69. The molecule has 2 aliphatic rings. The molecule has 0 heterocycles. The normalized spacial score (nSPS) is 46.8. The summed E-state index contributed by atoms with van der Waals surface area (Å²) in [4.78, 5) is 0. The first-order valence-electron chi connectivity index (χ1n) is 9.34. The minimum absolute atomic E-state index is 0.602. The molecule has 0 amide bonds. The summed E-state index contributed by atoms with van der Waals surface area (Å²) < 4.78 is 0. The third-order valence-electron chi connectivity index (χ3n) is 7.96. The van der Waals surface area contributed by atoms with Crippen molar-refractivity contribution in [1.29, 1.82) is 0 Å². The van der Waals surface area contributed by atoms with E-state index in [1.807, 2.05) is 0 Å². The van der Waals surface area contributed by atoms with Crippen LogP contribution in [0.2, 0.25) is 0 Å². The lowest BCUT2D eigenvalue weighted by atomic mass is 9.45. The van der Waals surface area contributed by atoms with Gasteiger partial charge in [0.15, 0.2) is 0 Å². The van der Waals surface area contributed by atoms with E-state index < -0.39 is 0 Å². The van der Waals surface area contributed by atoms with E-state index in [0.717, 1.165) is 23.7 Å². The minimum atomic E-state index is 0.602. The van der Waals surface area contributed by atoms with Crippen LogP contribution in [-0.4, -0.2) is 0 Å². The maximum absolute atomic E-state index is 2.65. The molecule has 2 rings (SSSR count). The molecule has 0 unspecified atom stereocenters. The van der Waals surface area contributed by atoms with Crippen molar-refractivity contribution < 1.29 is 0 Å². The number of hydrogen-bond acceptors (Lipinski definition) is 0. The van der Waals surface area contributed by atoms with Crippen LogP contribution in [0.15, 0.2) is 0 Å². The van der Waals surface area contributed by atoms with E-state index in [1.54, 1.807) is 0 Å². The highest BCUT2D eigenvalue weighted by Gasteiger charge is 2.54. The quantitative estimate of drug-likeness (QED) is 0.537. The molecule has 0 radical (unpaired) electrons. The fourth-order valence-corrected chi connectivity index (χ4v) is 5.52. The van der Waals surface area contributed by atoms with Crippen LogP contribution in [0, 0.1) is 34.5 Å². The molecule has 0 heteroatoms. The van der Waals surface area contributed by atoms with Crippen molar-refractivity contribution in [2.45, 2.75) is 92.9 Å². The van der Waals surface area contributed by atoms with Gasteiger partial charge >= 0.3 is 0 Å². The molecule has 0 bridgehead atoms. The summed E-state index contributed by atoms with van der Waals surface area (Å²) >= 11 is 0. The molecule has 0 aromatic carbocycles. The number of fused-ring (bicyclic) bond motifs is 1. The fraction of sp³-hybridized carbons (Fsp3) is 1.00. The van der Waals surface area contributed by atoms with Gasteiger partial charge in [0.25, 0.3) is 0 Å². The third-order valence-corrected chi connectivity index (χ3v) is 7.96. The second-order valence-corrected chi connectivity index (χ2v) is 8.89. The topological polar surface area (TPSA) is 0 Å². The van der Waals surface area contributed by atoms with Gasteiger partial charge in [-0.05, 0) is 60.2 Å². The standard InChI is InChI=1S/C20H38/c1-7-15(2)11-13-19(5)17(4)12-14-20(6)16(3)9-8-10-18(19)20/h15-18H,7-14H2,1-6H3/t15-,16+,17+,18+,19-,20-/m0/s1. The molecule has 0 aliphatic heterocycles. The maximum atomic E-state index is 2.65. The first-order valence-corrected chi connectivity index (χ1v) is 9.34. The van der Waals surface area contributed by atoms with E-state index >= 15 is 0 Å². The Balaban J connectivity index is 2.19. The summed E-state index contributed by atoms with van der Waals surface area (Å²) in [5, 5.41) is 0. The van der Waals surface area contributed by atoms with Crippen LogP contribution in [0.1, 0.15) is 92.9 Å². The van der Waals surface area contributed by atoms with E-state index in [-0.39, 0.29) is 0 Å². The van der Waals surface area contributed by atoms with Crippen LogP contribution in [0.25, 0.3) is 0 Å². The smallest absolute Gasteiger partial charge is 0.0266 e. The molecule has 0 spiro atoms. The highest BCUT2D eigenvalue weighted by Crippen LogP contribution is 2.63. The molecule has 0 saturated heterocycles. The first kappa shape index (κ1) is 16.4. The highest BCUT2D eigenvalue weighted by molar-refractivity contribution is 5.03. The van der Waals surface area contributed by atoms with Crippen molar-refractivity contribution in [3.05, 3.63) is 0 Å². The lowest BCUT2D eigenvalue weighted by molar-refractivity contribution is -0.110. The van der Waals surface area contributed by atoms with Crippen molar-refractivity contribution in [2.24, 2.45) is 34.5 Å². The van der Waals surface area contributed by atoms with E-state index in [9.17, 15) is 0 Å². The van der Waals surface area contributed by atoms with Gasteiger partial charge in [-0.3, -0.25) is 0 Å². The van der Waals surface area contributed by atoms with Gasteiger partial charge in [-0.15, -0.1) is 0 Å². The van der Waals surface area contributed by atoms with Crippen molar-refractivity contribution >= 4 is 0 Å². The summed E-state index contributed by atoms with van der Waals surface area (Å²) in [6.07, 6.45) is 11.7. The number of rotatable bonds is 4. The van der Waals surface area contributed by atoms with Crippen molar-refractivity contribution in [2.75, 3.05) is 0 Å². The lowest BCUT2D eigenvalue weighted by Gasteiger charge is -2.60. The molecule has 6 atom stereocenters. The zero-order valence-corrected chi connectivity index (χ0v) is 15.0. The molecule has 0 aromatic rings. The molecular weight excluding hydrogens is 240 g/mol. The second kappa shape index (κ2) is 6.01. The van der Waals surface area contributed by atoms with Gasteiger partial charge < -0.3 is 0 Å². The van der Waals surface area contributed by atoms with Crippen molar-refractivity contribution in [3.8, 4) is 0 Å². The Morgan fingerprint density at radius 2 is 1.75 bits per heavy atom. The average molecular weight is 279 g/mol. The summed E-state index contributed by atoms with van der Waals surface area (Å²) in [5.41, 5.74) is 1.24. The van der Waals surface area contributed by atoms with E-state index in [4.69, 9.17) is 0 Å². The number of hydrogen-bond donors (Lipinski definition) is 0. The first-order chi connectivity index (χ1) is 9.34. The molecule has 2 fully saturated rings.